The molecule has 0 amide bonds. The minimum absolute atomic E-state index is 0.0963. The molecule has 1 aromatic carbocycles. The van der Waals surface area contributed by atoms with E-state index in [0.717, 1.165) is 11.4 Å². The normalized spacial score (nSPS) is 10.6. The van der Waals surface area contributed by atoms with E-state index in [1.165, 1.54) is 0 Å². The molecule has 8 heteroatoms. The van der Waals surface area contributed by atoms with Crippen molar-refractivity contribution in [3.05, 3.63) is 58.7 Å². The van der Waals surface area contributed by atoms with Crippen LogP contribution in [0.3, 0.4) is 0 Å². The minimum atomic E-state index is 0.0963. The first-order valence-corrected chi connectivity index (χ1v) is 8.78. The van der Waals surface area contributed by atoms with Gasteiger partial charge in [0.25, 0.3) is 0 Å². The van der Waals surface area contributed by atoms with Crippen LogP contribution in [0.5, 0.6) is 0 Å². The smallest absolute Gasteiger partial charge is 0.225 e. The Morgan fingerprint density at radius 2 is 1.77 bits per heavy atom. The highest BCUT2D eigenvalue weighted by Crippen LogP contribution is 2.26. The highest BCUT2D eigenvalue weighted by Gasteiger charge is 2.09. The number of pyridine rings is 1. The zero-order valence-corrected chi connectivity index (χ0v) is 15.3. The van der Waals surface area contributed by atoms with Crippen LogP contribution < -0.4 is 10.6 Å². The Kier molecular flexibility index (Phi) is 6.22. The van der Waals surface area contributed by atoms with Gasteiger partial charge >= 0.3 is 0 Å². The van der Waals surface area contributed by atoms with Gasteiger partial charge in [-0.3, -0.25) is 4.98 Å². The summed E-state index contributed by atoms with van der Waals surface area (Å²) < 4.78 is 0. The van der Waals surface area contributed by atoms with Gasteiger partial charge in [0.15, 0.2) is 0 Å². The van der Waals surface area contributed by atoms with Gasteiger partial charge in [-0.25, -0.2) is 4.98 Å². The summed E-state index contributed by atoms with van der Waals surface area (Å²) in [5.74, 6) is 1.02. The molecule has 3 N–H and O–H groups in total. The van der Waals surface area contributed by atoms with Gasteiger partial charge < -0.3 is 15.7 Å². The molecule has 0 spiro atoms. The summed E-state index contributed by atoms with van der Waals surface area (Å²) in [6.45, 7) is 0.656. The molecular formula is C18H17Cl2N5O. The van der Waals surface area contributed by atoms with Crippen LogP contribution in [0.2, 0.25) is 10.0 Å². The fourth-order valence-electron chi connectivity index (χ4n) is 2.29. The Labute approximate surface area is 161 Å². The molecule has 2 heterocycles. The van der Waals surface area contributed by atoms with Gasteiger partial charge in [-0.05, 0) is 36.8 Å². The third-order valence-electron chi connectivity index (χ3n) is 3.41. The van der Waals surface area contributed by atoms with Gasteiger partial charge in [-0.15, -0.1) is 0 Å². The third kappa shape index (κ3) is 5.05. The molecule has 0 aliphatic rings. The van der Waals surface area contributed by atoms with Crippen LogP contribution in [0.15, 0.2) is 48.7 Å². The summed E-state index contributed by atoms with van der Waals surface area (Å²) in [6, 6.07) is 12.6. The standard InChI is InChI=1S/C18H17Cl2N5O/c19-12-8-13(20)10-14(9-12)23-17-11-16(15-4-1-2-5-21-15)24-18(25-17)22-6-3-7-26/h1-2,4-5,8-11,26H,3,6-7H2,(H2,22,23,24,25). The van der Waals surface area contributed by atoms with Crippen LogP contribution in [0, 0.1) is 0 Å². The molecule has 2 aromatic heterocycles. The number of nitrogens with one attached hydrogen (secondary N) is 2. The molecule has 6 nitrogen and oxygen atoms in total. The largest absolute Gasteiger partial charge is 0.396 e. The van der Waals surface area contributed by atoms with Crippen LogP contribution in [0.1, 0.15) is 6.42 Å². The number of hydrogen-bond donors (Lipinski definition) is 3. The minimum Gasteiger partial charge on any atom is -0.396 e. The molecule has 26 heavy (non-hydrogen) atoms. The molecule has 0 aliphatic heterocycles. The molecule has 0 fully saturated rings. The lowest BCUT2D eigenvalue weighted by molar-refractivity contribution is 0.292. The number of hydrogen-bond acceptors (Lipinski definition) is 6. The number of aromatic nitrogens is 3. The first-order chi connectivity index (χ1) is 12.6. The number of halogens is 2. The lowest BCUT2D eigenvalue weighted by Crippen LogP contribution is -2.09. The molecule has 0 bridgehead atoms. The number of aliphatic hydroxyl groups excluding tert-OH is 1. The molecule has 134 valence electrons. The Balaban J connectivity index is 1.93. The SMILES string of the molecule is OCCCNc1nc(Nc2cc(Cl)cc(Cl)c2)cc(-c2ccccn2)n1. The van der Waals surface area contributed by atoms with Gasteiger partial charge in [0.2, 0.25) is 5.95 Å². The quantitative estimate of drug-likeness (QED) is 0.520. The Bertz CT molecular complexity index is 856. The van der Waals surface area contributed by atoms with Crippen molar-refractivity contribution in [1.29, 1.82) is 0 Å². The van der Waals surface area contributed by atoms with Gasteiger partial charge in [0.05, 0.1) is 11.4 Å². The van der Waals surface area contributed by atoms with E-state index in [-0.39, 0.29) is 6.61 Å². The van der Waals surface area contributed by atoms with Crippen molar-refractivity contribution in [3.63, 3.8) is 0 Å². The summed E-state index contributed by atoms with van der Waals surface area (Å²) in [4.78, 5) is 13.3. The maximum Gasteiger partial charge on any atom is 0.225 e. The van der Waals surface area contributed by atoms with Crippen molar-refractivity contribution >= 4 is 40.7 Å². The fourth-order valence-corrected chi connectivity index (χ4v) is 2.81. The predicted molar refractivity (Wildman–Crippen MR) is 105 cm³/mol. The number of aliphatic hydroxyl groups is 1. The van der Waals surface area contributed by atoms with Gasteiger partial charge in [-0.1, -0.05) is 29.3 Å². The van der Waals surface area contributed by atoms with Crippen LogP contribution in [-0.2, 0) is 0 Å². The molecule has 3 rings (SSSR count). The lowest BCUT2D eigenvalue weighted by Gasteiger charge is -2.11. The molecule has 0 unspecified atom stereocenters. The maximum absolute atomic E-state index is 8.95. The van der Waals surface area contributed by atoms with E-state index in [0.29, 0.717) is 40.5 Å². The summed E-state index contributed by atoms with van der Waals surface area (Å²) in [6.07, 6.45) is 2.31. The van der Waals surface area contributed by atoms with Gasteiger partial charge in [-0.2, -0.15) is 4.98 Å². The Morgan fingerprint density at radius 3 is 2.46 bits per heavy atom. The molecular weight excluding hydrogens is 373 g/mol. The fraction of sp³-hybridized carbons (Fsp3) is 0.167. The third-order valence-corrected chi connectivity index (χ3v) is 3.84. The average Bonchev–Trinajstić information content (AvgIpc) is 2.62. The van der Waals surface area contributed by atoms with E-state index in [1.807, 2.05) is 18.2 Å². The highest BCUT2D eigenvalue weighted by molar-refractivity contribution is 6.35. The Hall–Kier alpha value is -2.41. The number of nitrogens with zero attached hydrogens (tertiary/aromatic N) is 3. The zero-order valence-electron chi connectivity index (χ0n) is 13.8. The van der Waals surface area contributed by atoms with E-state index in [9.17, 15) is 0 Å². The second kappa shape index (κ2) is 8.80. The van der Waals surface area contributed by atoms with E-state index in [1.54, 1.807) is 30.5 Å². The summed E-state index contributed by atoms with van der Waals surface area (Å²) in [5, 5.41) is 16.3. The van der Waals surface area contributed by atoms with E-state index < -0.39 is 0 Å². The second-order valence-corrected chi connectivity index (χ2v) is 6.34. The highest BCUT2D eigenvalue weighted by atomic mass is 35.5. The van der Waals surface area contributed by atoms with Crippen molar-refractivity contribution in [2.75, 3.05) is 23.8 Å². The summed E-state index contributed by atoms with van der Waals surface area (Å²) >= 11 is 12.1. The molecule has 0 radical (unpaired) electrons. The van der Waals surface area contributed by atoms with Crippen molar-refractivity contribution in [2.45, 2.75) is 6.42 Å². The summed E-state index contributed by atoms with van der Waals surface area (Å²) in [5.41, 5.74) is 2.12. The molecule has 0 atom stereocenters. The van der Waals surface area contributed by atoms with E-state index in [2.05, 4.69) is 25.6 Å². The monoisotopic (exact) mass is 389 g/mol. The van der Waals surface area contributed by atoms with Crippen LogP contribution in [0.4, 0.5) is 17.5 Å². The number of anilines is 3. The van der Waals surface area contributed by atoms with Crippen molar-refractivity contribution in [3.8, 4) is 11.4 Å². The second-order valence-electron chi connectivity index (χ2n) is 5.46. The lowest BCUT2D eigenvalue weighted by atomic mass is 10.2. The first-order valence-electron chi connectivity index (χ1n) is 8.02. The molecule has 0 saturated heterocycles. The van der Waals surface area contributed by atoms with Crippen LogP contribution >= 0.6 is 23.2 Å². The first kappa shape index (κ1) is 18.4. The number of benzene rings is 1. The number of rotatable bonds is 7. The Morgan fingerprint density at radius 1 is 0.962 bits per heavy atom. The molecule has 0 aliphatic carbocycles. The van der Waals surface area contributed by atoms with Crippen molar-refractivity contribution < 1.29 is 5.11 Å². The molecule has 0 saturated carbocycles. The zero-order chi connectivity index (χ0) is 18.4. The van der Waals surface area contributed by atoms with E-state index in [4.69, 9.17) is 28.3 Å². The maximum atomic E-state index is 8.95. The van der Waals surface area contributed by atoms with E-state index >= 15 is 0 Å². The van der Waals surface area contributed by atoms with Crippen LogP contribution in [-0.4, -0.2) is 33.2 Å². The summed E-state index contributed by atoms with van der Waals surface area (Å²) in [7, 11) is 0. The van der Waals surface area contributed by atoms with Crippen LogP contribution in [0.25, 0.3) is 11.4 Å². The molecule has 3 aromatic rings. The topological polar surface area (TPSA) is 83.0 Å². The van der Waals surface area contributed by atoms with Crippen molar-refractivity contribution in [2.24, 2.45) is 0 Å². The average molecular weight is 390 g/mol. The van der Waals surface area contributed by atoms with Gasteiger partial charge in [0.1, 0.15) is 5.82 Å². The van der Waals surface area contributed by atoms with Gasteiger partial charge in [0, 0.05) is 41.1 Å². The van der Waals surface area contributed by atoms with Crippen molar-refractivity contribution in [1.82, 2.24) is 15.0 Å². The predicted octanol–water partition coefficient (Wildman–Crippen LogP) is 4.38.